The Labute approximate surface area is 118 Å². The van der Waals surface area contributed by atoms with Gasteiger partial charge in [0.05, 0.1) is 12.2 Å². The summed E-state index contributed by atoms with van der Waals surface area (Å²) in [5.74, 6) is 0. The van der Waals surface area contributed by atoms with E-state index in [-0.39, 0.29) is 11.1 Å². The van der Waals surface area contributed by atoms with Crippen molar-refractivity contribution < 1.29 is 4.74 Å². The minimum atomic E-state index is -0.0420. The molecule has 1 aromatic rings. The number of hydrogen-bond donors (Lipinski definition) is 1. The predicted octanol–water partition coefficient (Wildman–Crippen LogP) is 4.28. The second kappa shape index (κ2) is 6.53. The minimum Gasteiger partial charge on any atom is -0.371 e. The Morgan fingerprint density at radius 1 is 1.05 bits per heavy atom. The van der Waals surface area contributed by atoms with Crippen LogP contribution < -0.4 is 5.32 Å². The maximum atomic E-state index is 5.94. The van der Waals surface area contributed by atoms with Gasteiger partial charge in [-0.05, 0) is 52.2 Å². The third kappa shape index (κ3) is 6.74. The highest BCUT2D eigenvalue weighted by Crippen LogP contribution is 2.17. The van der Waals surface area contributed by atoms with Crippen LogP contribution in [0, 0.1) is 0 Å². The summed E-state index contributed by atoms with van der Waals surface area (Å²) < 4.78 is 5.94. The van der Waals surface area contributed by atoms with E-state index in [1.807, 2.05) is 0 Å². The molecule has 0 aromatic heterocycles. The molecule has 0 fully saturated rings. The molecule has 1 N–H and O–H groups in total. The second-order valence-corrected chi connectivity index (χ2v) is 6.83. The number of hydrogen-bond acceptors (Lipinski definition) is 2. The normalized spacial score (nSPS) is 12.7. The average Bonchev–Trinajstić information content (AvgIpc) is 2.34. The zero-order valence-electron chi connectivity index (χ0n) is 13.3. The van der Waals surface area contributed by atoms with Gasteiger partial charge in [0.1, 0.15) is 0 Å². The van der Waals surface area contributed by atoms with Crippen LogP contribution >= 0.6 is 0 Å². The van der Waals surface area contributed by atoms with Gasteiger partial charge in [-0.3, -0.25) is 0 Å². The van der Waals surface area contributed by atoms with Crippen molar-refractivity contribution in [2.75, 3.05) is 0 Å². The lowest BCUT2D eigenvalue weighted by Gasteiger charge is -2.24. The van der Waals surface area contributed by atoms with Crippen LogP contribution in [0.15, 0.2) is 24.3 Å². The van der Waals surface area contributed by atoms with E-state index in [1.54, 1.807) is 0 Å². The van der Waals surface area contributed by atoms with Gasteiger partial charge in [-0.25, -0.2) is 0 Å². The second-order valence-electron chi connectivity index (χ2n) is 6.83. The quantitative estimate of drug-likeness (QED) is 0.827. The summed E-state index contributed by atoms with van der Waals surface area (Å²) >= 11 is 0. The van der Waals surface area contributed by atoms with Crippen molar-refractivity contribution in [1.82, 2.24) is 5.32 Å². The van der Waals surface area contributed by atoms with Crippen LogP contribution in [0.1, 0.15) is 59.1 Å². The van der Waals surface area contributed by atoms with Crippen molar-refractivity contribution in [3.63, 3.8) is 0 Å². The Morgan fingerprint density at radius 2 is 1.68 bits per heavy atom. The summed E-state index contributed by atoms with van der Waals surface area (Å²) in [6, 6.07) is 8.63. The van der Waals surface area contributed by atoms with Gasteiger partial charge in [0.2, 0.25) is 0 Å². The van der Waals surface area contributed by atoms with Gasteiger partial charge in [-0.1, -0.05) is 31.2 Å². The molecule has 0 aliphatic rings. The molecule has 1 aromatic carbocycles. The van der Waals surface area contributed by atoms with Crippen molar-refractivity contribution >= 4 is 0 Å². The molecule has 0 amide bonds. The maximum absolute atomic E-state index is 5.94. The van der Waals surface area contributed by atoms with Crippen LogP contribution in [0.25, 0.3) is 0 Å². The molecular weight excluding hydrogens is 234 g/mol. The fourth-order valence-electron chi connectivity index (χ4n) is 1.58. The van der Waals surface area contributed by atoms with Gasteiger partial charge in [-0.15, -0.1) is 0 Å². The third-order valence-electron chi connectivity index (χ3n) is 3.30. The summed E-state index contributed by atoms with van der Waals surface area (Å²) in [4.78, 5) is 0. The van der Waals surface area contributed by atoms with E-state index < -0.39 is 0 Å². The van der Waals surface area contributed by atoms with Crippen LogP contribution in [-0.2, 0) is 17.9 Å². The van der Waals surface area contributed by atoms with Crippen LogP contribution in [0.5, 0.6) is 0 Å². The fourth-order valence-corrected chi connectivity index (χ4v) is 1.58. The van der Waals surface area contributed by atoms with Gasteiger partial charge in [0, 0.05) is 12.1 Å². The molecule has 2 heteroatoms. The first-order valence-electron chi connectivity index (χ1n) is 7.19. The Balaban J connectivity index is 2.57. The highest BCUT2D eigenvalue weighted by molar-refractivity contribution is 5.23. The molecule has 0 unspecified atom stereocenters. The zero-order valence-corrected chi connectivity index (χ0v) is 13.3. The number of nitrogens with one attached hydrogen (secondary N) is 1. The van der Waals surface area contributed by atoms with Crippen LogP contribution in [-0.4, -0.2) is 11.1 Å². The Morgan fingerprint density at radius 3 is 2.26 bits per heavy atom. The Hall–Kier alpha value is -0.860. The molecule has 0 bridgehead atoms. The fraction of sp³-hybridized carbons (Fsp3) is 0.647. The van der Waals surface area contributed by atoms with Gasteiger partial charge in [0.15, 0.2) is 0 Å². The topological polar surface area (TPSA) is 21.3 Å². The Kier molecular flexibility index (Phi) is 5.57. The van der Waals surface area contributed by atoms with E-state index in [1.165, 1.54) is 11.1 Å². The van der Waals surface area contributed by atoms with Crippen molar-refractivity contribution in [2.45, 2.75) is 72.3 Å². The molecule has 0 heterocycles. The van der Waals surface area contributed by atoms with Crippen LogP contribution in [0.3, 0.4) is 0 Å². The average molecular weight is 263 g/mol. The highest BCUT2D eigenvalue weighted by Gasteiger charge is 2.15. The van der Waals surface area contributed by atoms with E-state index in [0.717, 1.165) is 13.0 Å². The largest absolute Gasteiger partial charge is 0.371 e. The van der Waals surface area contributed by atoms with Crippen LogP contribution in [0.2, 0.25) is 0 Å². The molecule has 108 valence electrons. The smallest absolute Gasteiger partial charge is 0.0724 e. The molecule has 0 atom stereocenters. The number of benzene rings is 1. The number of rotatable bonds is 6. The lowest BCUT2D eigenvalue weighted by molar-refractivity contribution is -0.0316. The molecular formula is C17H29NO. The lowest BCUT2D eigenvalue weighted by atomic mass is 10.1. The van der Waals surface area contributed by atoms with E-state index >= 15 is 0 Å². The predicted molar refractivity (Wildman–Crippen MR) is 82.2 cm³/mol. The monoisotopic (exact) mass is 263 g/mol. The Bertz CT molecular complexity index is 390. The van der Waals surface area contributed by atoms with Crippen LogP contribution in [0.4, 0.5) is 0 Å². The van der Waals surface area contributed by atoms with Crippen molar-refractivity contribution in [3.05, 3.63) is 35.4 Å². The molecule has 0 saturated carbocycles. The van der Waals surface area contributed by atoms with Crippen molar-refractivity contribution in [2.24, 2.45) is 0 Å². The number of ether oxygens (including phenoxy) is 1. The van der Waals surface area contributed by atoms with Gasteiger partial charge in [-0.2, -0.15) is 0 Å². The van der Waals surface area contributed by atoms with Crippen molar-refractivity contribution in [3.8, 4) is 0 Å². The molecule has 0 radical (unpaired) electrons. The van der Waals surface area contributed by atoms with E-state index in [2.05, 4.69) is 71.1 Å². The lowest BCUT2D eigenvalue weighted by Crippen LogP contribution is -2.35. The summed E-state index contributed by atoms with van der Waals surface area (Å²) in [5.41, 5.74) is 2.66. The summed E-state index contributed by atoms with van der Waals surface area (Å²) in [6.07, 6.45) is 1.03. The zero-order chi connectivity index (χ0) is 14.5. The first-order chi connectivity index (χ1) is 8.72. The molecule has 2 nitrogen and oxygen atoms in total. The molecule has 19 heavy (non-hydrogen) atoms. The molecule has 1 rings (SSSR count). The molecule has 0 aliphatic carbocycles. The summed E-state index contributed by atoms with van der Waals surface area (Å²) in [5, 5.41) is 3.51. The minimum absolute atomic E-state index is 0.0420. The first kappa shape index (κ1) is 16.2. The first-order valence-corrected chi connectivity index (χ1v) is 7.19. The third-order valence-corrected chi connectivity index (χ3v) is 3.30. The van der Waals surface area contributed by atoms with Gasteiger partial charge >= 0.3 is 0 Å². The summed E-state index contributed by atoms with van der Waals surface area (Å²) in [7, 11) is 0. The standard InChI is InChI=1S/C17H29NO/c1-7-17(5,6)19-13-15-10-8-9-14(11-15)12-18-16(2,3)4/h8-11,18H,7,12-13H2,1-6H3. The maximum Gasteiger partial charge on any atom is 0.0724 e. The van der Waals surface area contributed by atoms with E-state index in [4.69, 9.17) is 4.74 Å². The highest BCUT2D eigenvalue weighted by atomic mass is 16.5. The molecule has 0 spiro atoms. The molecule has 0 aliphatic heterocycles. The van der Waals surface area contributed by atoms with Gasteiger partial charge < -0.3 is 10.1 Å². The van der Waals surface area contributed by atoms with E-state index in [0.29, 0.717) is 6.61 Å². The SMILES string of the molecule is CCC(C)(C)OCc1cccc(CNC(C)(C)C)c1. The summed E-state index contributed by atoms with van der Waals surface area (Å²) in [6.45, 7) is 14.6. The van der Waals surface area contributed by atoms with Crippen molar-refractivity contribution in [1.29, 1.82) is 0 Å². The van der Waals surface area contributed by atoms with Gasteiger partial charge in [0.25, 0.3) is 0 Å². The van der Waals surface area contributed by atoms with E-state index in [9.17, 15) is 0 Å². The molecule has 0 saturated heterocycles.